The molecule has 0 radical (unpaired) electrons. The molecule has 0 atom stereocenters. The SMILES string of the molecule is OCC1(n2cccn2)CN(c2ncc(C(F)(F)F)cc2C(F)(F)F)C1. The van der Waals surface area contributed by atoms with E-state index >= 15 is 0 Å². The van der Waals surface area contributed by atoms with Crippen LogP contribution < -0.4 is 4.90 Å². The number of aromatic nitrogens is 3. The van der Waals surface area contributed by atoms with Crippen molar-refractivity contribution in [2.45, 2.75) is 17.9 Å². The van der Waals surface area contributed by atoms with Crippen molar-refractivity contribution in [3.63, 3.8) is 0 Å². The standard InChI is InChI=1S/C14H12F6N4O/c15-13(16,17)9-4-10(14(18,19)20)11(21-5-9)23-6-12(7-23,8-25)24-3-1-2-22-24/h1-5,25H,6-8H2. The number of hydrogen-bond donors (Lipinski definition) is 1. The van der Waals surface area contributed by atoms with E-state index in [1.54, 1.807) is 12.3 Å². The van der Waals surface area contributed by atoms with E-state index in [4.69, 9.17) is 0 Å². The molecular weight excluding hydrogens is 354 g/mol. The largest absolute Gasteiger partial charge is 0.419 e. The van der Waals surface area contributed by atoms with Gasteiger partial charge in [-0.1, -0.05) is 0 Å². The Labute approximate surface area is 137 Å². The molecule has 25 heavy (non-hydrogen) atoms. The molecule has 0 amide bonds. The number of pyridine rings is 1. The van der Waals surface area contributed by atoms with E-state index in [0.29, 0.717) is 6.20 Å². The Bertz CT molecular complexity index is 750. The van der Waals surface area contributed by atoms with Crippen LogP contribution in [0.1, 0.15) is 11.1 Å². The second kappa shape index (κ2) is 5.61. The van der Waals surface area contributed by atoms with Crippen LogP contribution in [-0.4, -0.2) is 39.6 Å². The average Bonchev–Trinajstić information content (AvgIpc) is 2.99. The summed E-state index contributed by atoms with van der Waals surface area (Å²) in [5.41, 5.74) is -3.87. The van der Waals surface area contributed by atoms with Gasteiger partial charge in [0.05, 0.1) is 17.7 Å². The quantitative estimate of drug-likeness (QED) is 0.849. The molecule has 0 aliphatic carbocycles. The number of rotatable bonds is 3. The fourth-order valence-electron chi connectivity index (χ4n) is 2.75. The highest BCUT2D eigenvalue weighted by Crippen LogP contribution is 2.42. The van der Waals surface area contributed by atoms with Crippen LogP contribution in [0.15, 0.2) is 30.7 Å². The molecule has 136 valence electrons. The van der Waals surface area contributed by atoms with Gasteiger partial charge in [0, 0.05) is 31.7 Å². The first-order chi connectivity index (χ1) is 11.6. The molecule has 3 rings (SSSR count). The highest BCUT2D eigenvalue weighted by molar-refractivity contribution is 5.53. The van der Waals surface area contributed by atoms with Crippen LogP contribution >= 0.6 is 0 Å². The summed E-state index contributed by atoms with van der Waals surface area (Å²) in [6, 6.07) is 1.65. The summed E-state index contributed by atoms with van der Waals surface area (Å²) >= 11 is 0. The Kier molecular flexibility index (Phi) is 3.93. The molecule has 0 saturated carbocycles. The number of halogens is 6. The molecule has 1 aliphatic heterocycles. The minimum atomic E-state index is -4.99. The Morgan fingerprint density at radius 3 is 2.28 bits per heavy atom. The number of aliphatic hydroxyl groups is 1. The van der Waals surface area contributed by atoms with Crippen LogP contribution in [0.2, 0.25) is 0 Å². The molecule has 0 aromatic carbocycles. The molecule has 1 N–H and O–H groups in total. The Hall–Kier alpha value is -2.30. The maximum absolute atomic E-state index is 13.2. The van der Waals surface area contributed by atoms with Gasteiger partial charge >= 0.3 is 12.4 Å². The van der Waals surface area contributed by atoms with E-state index in [2.05, 4.69) is 10.1 Å². The molecule has 0 bridgehead atoms. The van der Waals surface area contributed by atoms with Crippen molar-refractivity contribution in [2.24, 2.45) is 0 Å². The van der Waals surface area contributed by atoms with Gasteiger partial charge in [-0.25, -0.2) is 4.98 Å². The number of aliphatic hydroxyl groups excluding tert-OH is 1. The zero-order valence-electron chi connectivity index (χ0n) is 12.5. The maximum atomic E-state index is 13.2. The zero-order valence-corrected chi connectivity index (χ0v) is 12.5. The number of alkyl halides is 6. The van der Waals surface area contributed by atoms with E-state index < -0.39 is 34.8 Å². The minimum Gasteiger partial charge on any atom is -0.394 e. The molecule has 2 aromatic rings. The van der Waals surface area contributed by atoms with E-state index in [9.17, 15) is 31.4 Å². The van der Waals surface area contributed by atoms with Gasteiger partial charge in [0.25, 0.3) is 0 Å². The first-order valence-corrected chi connectivity index (χ1v) is 7.07. The summed E-state index contributed by atoms with van der Waals surface area (Å²) in [5.74, 6) is -0.600. The fourth-order valence-corrected chi connectivity index (χ4v) is 2.75. The third-order valence-electron chi connectivity index (χ3n) is 4.05. The van der Waals surface area contributed by atoms with Gasteiger partial charge in [0.1, 0.15) is 11.4 Å². The molecule has 1 fully saturated rings. The highest BCUT2D eigenvalue weighted by Gasteiger charge is 2.49. The summed E-state index contributed by atoms with van der Waals surface area (Å²) in [5, 5.41) is 13.5. The van der Waals surface area contributed by atoms with Crippen molar-refractivity contribution in [3.8, 4) is 0 Å². The summed E-state index contributed by atoms with van der Waals surface area (Å²) < 4.78 is 79.0. The van der Waals surface area contributed by atoms with Gasteiger partial charge in [-0.15, -0.1) is 0 Å². The summed E-state index contributed by atoms with van der Waals surface area (Å²) in [4.78, 5) is 4.56. The predicted molar refractivity (Wildman–Crippen MR) is 73.7 cm³/mol. The normalized spacial score (nSPS) is 17.5. The first kappa shape index (κ1) is 17.5. The summed E-state index contributed by atoms with van der Waals surface area (Å²) in [7, 11) is 0. The van der Waals surface area contributed by atoms with Gasteiger partial charge in [-0.05, 0) is 12.1 Å². The number of hydrogen-bond acceptors (Lipinski definition) is 4. The van der Waals surface area contributed by atoms with Crippen molar-refractivity contribution < 1.29 is 31.4 Å². The van der Waals surface area contributed by atoms with Crippen molar-refractivity contribution in [1.82, 2.24) is 14.8 Å². The van der Waals surface area contributed by atoms with Crippen molar-refractivity contribution >= 4 is 5.82 Å². The lowest BCUT2D eigenvalue weighted by molar-refractivity contribution is -0.143. The van der Waals surface area contributed by atoms with E-state index in [-0.39, 0.29) is 25.8 Å². The molecule has 1 saturated heterocycles. The van der Waals surface area contributed by atoms with Crippen LogP contribution in [0.3, 0.4) is 0 Å². The van der Waals surface area contributed by atoms with Crippen LogP contribution in [0.5, 0.6) is 0 Å². The lowest BCUT2D eigenvalue weighted by Crippen LogP contribution is -2.65. The second-order valence-electron chi connectivity index (χ2n) is 5.78. The molecular formula is C14H12F6N4O. The Morgan fingerprint density at radius 1 is 1.12 bits per heavy atom. The third kappa shape index (κ3) is 3.03. The number of nitrogens with zero attached hydrogens (tertiary/aromatic N) is 4. The Morgan fingerprint density at radius 2 is 1.80 bits per heavy atom. The van der Waals surface area contributed by atoms with E-state index in [1.807, 2.05) is 0 Å². The lowest BCUT2D eigenvalue weighted by atomic mass is 9.90. The van der Waals surface area contributed by atoms with Gasteiger partial charge < -0.3 is 10.0 Å². The average molecular weight is 366 g/mol. The maximum Gasteiger partial charge on any atom is 0.419 e. The minimum absolute atomic E-state index is 0.0508. The second-order valence-corrected chi connectivity index (χ2v) is 5.78. The van der Waals surface area contributed by atoms with Crippen LogP contribution in [0.25, 0.3) is 0 Å². The molecule has 2 aromatic heterocycles. The fraction of sp³-hybridized carbons (Fsp3) is 0.429. The smallest absolute Gasteiger partial charge is 0.394 e. The summed E-state index contributed by atoms with van der Waals surface area (Å²) in [6.45, 7) is -0.508. The predicted octanol–water partition coefficient (Wildman–Crippen LogP) is 2.52. The molecule has 0 unspecified atom stereocenters. The van der Waals surface area contributed by atoms with Gasteiger partial charge in [-0.2, -0.15) is 31.4 Å². The molecule has 0 spiro atoms. The molecule has 3 heterocycles. The van der Waals surface area contributed by atoms with E-state index in [1.165, 1.54) is 15.8 Å². The molecule has 5 nitrogen and oxygen atoms in total. The molecule has 1 aliphatic rings. The van der Waals surface area contributed by atoms with Crippen molar-refractivity contribution in [2.75, 3.05) is 24.6 Å². The Balaban J connectivity index is 1.94. The first-order valence-electron chi connectivity index (χ1n) is 7.07. The number of anilines is 1. The topological polar surface area (TPSA) is 54.2 Å². The zero-order chi connectivity index (χ0) is 18.5. The highest BCUT2D eigenvalue weighted by atomic mass is 19.4. The van der Waals surface area contributed by atoms with Crippen LogP contribution in [0, 0.1) is 0 Å². The van der Waals surface area contributed by atoms with Crippen LogP contribution in [0.4, 0.5) is 32.2 Å². The molecule has 11 heteroatoms. The van der Waals surface area contributed by atoms with Gasteiger partial charge in [0.15, 0.2) is 0 Å². The van der Waals surface area contributed by atoms with Gasteiger partial charge in [-0.3, -0.25) is 4.68 Å². The van der Waals surface area contributed by atoms with Crippen LogP contribution in [-0.2, 0) is 17.9 Å². The lowest BCUT2D eigenvalue weighted by Gasteiger charge is -2.50. The van der Waals surface area contributed by atoms with Crippen molar-refractivity contribution in [3.05, 3.63) is 41.9 Å². The van der Waals surface area contributed by atoms with E-state index in [0.717, 1.165) is 0 Å². The monoisotopic (exact) mass is 366 g/mol. The third-order valence-corrected chi connectivity index (χ3v) is 4.05. The van der Waals surface area contributed by atoms with Crippen molar-refractivity contribution in [1.29, 1.82) is 0 Å². The summed E-state index contributed by atoms with van der Waals surface area (Å²) in [6.07, 6.45) is -6.54. The van der Waals surface area contributed by atoms with Gasteiger partial charge in [0.2, 0.25) is 0 Å².